The second-order valence-electron chi connectivity index (χ2n) is 4.66. The number of aromatic nitrogens is 1. The van der Waals surface area contributed by atoms with Crippen molar-refractivity contribution in [2.24, 2.45) is 5.92 Å². The van der Waals surface area contributed by atoms with Crippen LogP contribution in [0.15, 0.2) is 18.5 Å². The highest BCUT2D eigenvalue weighted by molar-refractivity contribution is 7.86. The number of nitrogens with zero attached hydrogens (tertiary/aromatic N) is 2. The molecule has 0 radical (unpaired) electrons. The Balaban J connectivity index is 2.27. The maximum atomic E-state index is 12.7. The predicted molar refractivity (Wildman–Crippen MR) is 70.9 cm³/mol. The molecule has 1 atom stereocenters. The summed E-state index contributed by atoms with van der Waals surface area (Å²) >= 11 is 0. The van der Waals surface area contributed by atoms with Crippen molar-refractivity contribution in [1.82, 2.24) is 4.98 Å². The Hall–Kier alpha value is -2.03. The number of esters is 1. The molecule has 0 N–H and O–H groups in total. The van der Waals surface area contributed by atoms with Gasteiger partial charge in [-0.15, -0.1) is 3.89 Å². The molecule has 9 heteroatoms. The number of anilines is 1. The van der Waals surface area contributed by atoms with Gasteiger partial charge in [0, 0.05) is 25.1 Å². The van der Waals surface area contributed by atoms with Crippen LogP contribution in [-0.4, -0.2) is 44.7 Å². The summed E-state index contributed by atoms with van der Waals surface area (Å²) in [5.41, 5.74) is 0.373. The Kier molecular flexibility index (Phi) is 4.21. The zero-order valence-electron chi connectivity index (χ0n) is 11.2. The molecule has 0 aromatic carbocycles. The first-order valence-corrected chi connectivity index (χ1v) is 7.62. The third-order valence-electron chi connectivity index (χ3n) is 3.14. The fraction of sp³-hybridized carbons (Fsp3) is 0.417. The van der Waals surface area contributed by atoms with Crippen molar-refractivity contribution in [2.45, 2.75) is 6.42 Å². The monoisotopic (exact) mass is 316 g/mol. The van der Waals surface area contributed by atoms with Gasteiger partial charge >= 0.3 is 16.2 Å². The number of amides is 1. The van der Waals surface area contributed by atoms with E-state index < -0.39 is 27.9 Å². The molecule has 1 aromatic rings. The van der Waals surface area contributed by atoms with Crippen LogP contribution in [0.5, 0.6) is 0 Å². The molecule has 0 aliphatic carbocycles. The van der Waals surface area contributed by atoms with Gasteiger partial charge in [-0.3, -0.25) is 9.78 Å². The Morgan fingerprint density at radius 2 is 2.29 bits per heavy atom. The molecule has 7 nitrogen and oxygen atoms in total. The zero-order valence-corrected chi connectivity index (χ0v) is 12.0. The summed E-state index contributed by atoms with van der Waals surface area (Å²) in [4.78, 5) is 28.7. The minimum Gasteiger partial charge on any atom is -0.465 e. The van der Waals surface area contributed by atoms with E-state index in [2.05, 4.69) is 9.72 Å². The second-order valence-corrected chi connectivity index (χ2v) is 6.08. The number of carbonyl (C=O) groups excluding carboxylic acids is 2. The first-order chi connectivity index (χ1) is 9.81. The number of carbonyl (C=O) groups is 2. The zero-order chi connectivity index (χ0) is 15.6. The van der Waals surface area contributed by atoms with Crippen LogP contribution >= 0.6 is 0 Å². The molecular weight excluding hydrogens is 303 g/mol. The number of halogens is 1. The van der Waals surface area contributed by atoms with E-state index in [9.17, 15) is 21.9 Å². The van der Waals surface area contributed by atoms with Crippen LogP contribution in [0.25, 0.3) is 0 Å². The predicted octanol–water partition coefficient (Wildman–Crippen LogP) is 0.520. The van der Waals surface area contributed by atoms with Gasteiger partial charge in [0.05, 0.1) is 30.3 Å². The molecule has 21 heavy (non-hydrogen) atoms. The lowest BCUT2D eigenvalue weighted by molar-refractivity contribution is -0.117. The average molecular weight is 316 g/mol. The third kappa shape index (κ3) is 3.54. The van der Waals surface area contributed by atoms with Crippen molar-refractivity contribution in [1.29, 1.82) is 0 Å². The Morgan fingerprint density at radius 3 is 2.90 bits per heavy atom. The van der Waals surface area contributed by atoms with Crippen LogP contribution < -0.4 is 4.90 Å². The summed E-state index contributed by atoms with van der Waals surface area (Å²) in [6, 6.07) is 1.40. The average Bonchev–Trinajstić information content (AvgIpc) is 2.76. The maximum Gasteiger partial charge on any atom is 0.340 e. The quantitative estimate of drug-likeness (QED) is 0.594. The Labute approximate surface area is 120 Å². The van der Waals surface area contributed by atoms with Gasteiger partial charge in [-0.05, 0) is 6.07 Å². The van der Waals surface area contributed by atoms with Gasteiger partial charge in [-0.25, -0.2) is 4.79 Å². The maximum absolute atomic E-state index is 12.7. The minimum atomic E-state index is -4.65. The molecular formula is C12H13FN2O5S. The molecule has 0 saturated carbocycles. The largest absolute Gasteiger partial charge is 0.465 e. The fourth-order valence-electron chi connectivity index (χ4n) is 2.29. The fourth-order valence-corrected chi connectivity index (χ4v) is 3.08. The van der Waals surface area contributed by atoms with E-state index in [0.29, 0.717) is 0 Å². The van der Waals surface area contributed by atoms with Gasteiger partial charge in [0.1, 0.15) is 0 Å². The Morgan fingerprint density at radius 1 is 1.57 bits per heavy atom. The van der Waals surface area contributed by atoms with E-state index in [4.69, 9.17) is 0 Å². The van der Waals surface area contributed by atoms with Crippen molar-refractivity contribution in [3.63, 3.8) is 0 Å². The van der Waals surface area contributed by atoms with Crippen molar-refractivity contribution >= 4 is 27.8 Å². The van der Waals surface area contributed by atoms with Crippen molar-refractivity contribution < 1.29 is 26.6 Å². The van der Waals surface area contributed by atoms with Crippen LogP contribution in [0.1, 0.15) is 16.8 Å². The lowest BCUT2D eigenvalue weighted by atomic mass is 10.1. The summed E-state index contributed by atoms with van der Waals surface area (Å²) in [6.07, 6.45) is 2.59. The lowest BCUT2D eigenvalue weighted by Crippen LogP contribution is -2.27. The van der Waals surface area contributed by atoms with Crippen molar-refractivity contribution in [2.75, 3.05) is 24.3 Å². The number of ether oxygens (including phenoxy) is 1. The molecule has 1 unspecified atom stereocenters. The first kappa shape index (κ1) is 15.4. The molecule has 0 bridgehead atoms. The summed E-state index contributed by atoms with van der Waals surface area (Å²) < 4.78 is 38.7. The van der Waals surface area contributed by atoms with Crippen LogP contribution in [-0.2, 0) is 19.8 Å². The van der Waals surface area contributed by atoms with Gasteiger partial charge in [-0.2, -0.15) is 8.42 Å². The molecule has 1 aliphatic heterocycles. The highest BCUT2D eigenvalue weighted by Crippen LogP contribution is 2.28. The van der Waals surface area contributed by atoms with Gasteiger partial charge in [0.15, 0.2) is 0 Å². The van der Waals surface area contributed by atoms with Crippen LogP contribution in [0.3, 0.4) is 0 Å². The number of methoxy groups -OCH3 is 1. The highest BCUT2D eigenvalue weighted by atomic mass is 32.3. The van der Waals surface area contributed by atoms with E-state index in [0.717, 1.165) is 0 Å². The molecule has 1 amide bonds. The SMILES string of the molecule is COC(=O)c1ccncc1N1CC(CS(=O)(=O)F)CC1=O. The normalized spacial score (nSPS) is 18.9. The van der Waals surface area contributed by atoms with E-state index in [-0.39, 0.29) is 30.1 Å². The van der Waals surface area contributed by atoms with E-state index in [1.54, 1.807) is 0 Å². The van der Waals surface area contributed by atoms with Gasteiger partial charge in [0.2, 0.25) is 5.91 Å². The van der Waals surface area contributed by atoms with Crippen molar-refractivity contribution in [3.05, 3.63) is 24.0 Å². The molecule has 114 valence electrons. The number of hydrogen-bond donors (Lipinski definition) is 0. The number of rotatable bonds is 4. The first-order valence-electron chi connectivity index (χ1n) is 6.07. The summed E-state index contributed by atoms with van der Waals surface area (Å²) in [5, 5.41) is 0. The van der Waals surface area contributed by atoms with E-state index in [1.165, 1.54) is 30.5 Å². The molecule has 0 spiro atoms. The number of hydrogen-bond acceptors (Lipinski definition) is 6. The van der Waals surface area contributed by atoms with Gasteiger partial charge < -0.3 is 9.64 Å². The van der Waals surface area contributed by atoms with Gasteiger partial charge in [-0.1, -0.05) is 0 Å². The molecule has 2 heterocycles. The summed E-state index contributed by atoms with van der Waals surface area (Å²) in [6.45, 7) is 0.0116. The third-order valence-corrected chi connectivity index (χ3v) is 4.01. The minimum absolute atomic E-state index is 0.0116. The summed E-state index contributed by atoms with van der Waals surface area (Å²) in [5.74, 6) is -2.40. The highest BCUT2D eigenvalue weighted by Gasteiger charge is 2.35. The smallest absolute Gasteiger partial charge is 0.340 e. The van der Waals surface area contributed by atoms with Crippen LogP contribution in [0.2, 0.25) is 0 Å². The topological polar surface area (TPSA) is 93.6 Å². The molecule has 1 aromatic heterocycles. The molecule has 1 fully saturated rings. The molecule has 2 rings (SSSR count). The molecule has 1 aliphatic rings. The van der Waals surface area contributed by atoms with E-state index >= 15 is 0 Å². The molecule has 1 saturated heterocycles. The number of pyridine rings is 1. The second kappa shape index (κ2) is 5.76. The van der Waals surface area contributed by atoms with Gasteiger partial charge in [0.25, 0.3) is 0 Å². The standard InChI is InChI=1S/C12H13FN2O5S/c1-20-12(17)9-2-3-14-5-10(9)15-6-8(4-11(15)16)7-21(13,18)19/h2-3,5,8H,4,6-7H2,1H3. The lowest BCUT2D eigenvalue weighted by Gasteiger charge is -2.18. The summed E-state index contributed by atoms with van der Waals surface area (Å²) in [7, 11) is -3.45. The Bertz CT molecular complexity index is 676. The van der Waals surface area contributed by atoms with E-state index in [1.807, 2.05) is 0 Å². The van der Waals surface area contributed by atoms with Crippen LogP contribution in [0.4, 0.5) is 9.57 Å². The van der Waals surface area contributed by atoms with Crippen LogP contribution in [0, 0.1) is 5.92 Å². The van der Waals surface area contributed by atoms with Crippen molar-refractivity contribution in [3.8, 4) is 0 Å².